The highest BCUT2D eigenvalue weighted by Crippen LogP contribution is 2.47. The lowest BCUT2D eigenvalue weighted by Gasteiger charge is -2.46. The van der Waals surface area contributed by atoms with Gasteiger partial charge in [-0.1, -0.05) is 0 Å². The van der Waals surface area contributed by atoms with Crippen molar-refractivity contribution in [3.05, 3.63) is 23.8 Å². The van der Waals surface area contributed by atoms with Gasteiger partial charge in [-0.25, -0.2) is 0 Å². The third kappa shape index (κ3) is 2.28. The van der Waals surface area contributed by atoms with Gasteiger partial charge in [0.15, 0.2) is 5.72 Å². The van der Waals surface area contributed by atoms with Crippen LogP contribution in [0.25, 0.3) is 0 Å². The number of esters is 1. The first kappa shape index (κ1) is 14.7. The number of hydrogen-bond acceptors (Lipinski definition) is 5. The SMILES string of the molecule is CCOC(=O)[C@H]1C(=O)N[C@@]2(C)C[C@H]1c1cc(OC)ccc1O2. The van der Waals surface area contributed by atoms with Crippen LogP contribution in [0.1, 0.15) is 31.7 Å². The standard InChI is InChI=1S/C16H19NO5/c1-4-21-15(19)13-11-8-16(2,17-14(13)18)22-12-6-5-9(20-3)7-10(11)12/h5-7,11,13H,4,8H2,1-3H3,(H,17,18)/t11-,13+,16+/m0/s1. The van der Waals surface area contributed by atoms with Crippen molar-refractivity contribution in [2.45, 2.75) is 31.9 Å². The van der Waals surface area contributed by atoms with Gasteiger partial charge >= 0.3 is 5.97 Å². The number of carbonyl (C=O) groups is 2. The molecule has 1 saturated heterocycles. The number of ether oxygens (including phenoxy) is 3. The normalized spacial score (nSPS) is 29.0. The van der Waals surface area contributed by atoms with Crippen LogP contribution in [0.4, 0.5) is 0 Å². The van der Waals surface area contributed by atoms with E-state index in [0.29, 0.717) is 17.9 Å². The topological polar surface area (TPSA) is 73.9 Å². The number of hydrogen-bond donors (Lipinski definition) is 1. The molecule has 3 rings (SSSR count). The summed E-state index contributed by atoms with van der Waals surface area (Å²) < 4.78 is 16.2. The summed E-state index contributed by atoms with van der Waals surface area (Å²) in [6.07, 6.45) is 0.516. The monoisotopic (exact) mass is 305 g/mol. The number of nitrogens with one attached hydrogen (secondary N) is 1. The molecule has 1 aromatic rings. The molecule has 2 aliphatic heterocycles. The maximum absolute atomic E-state index is 12.4. The molecular weight excluding hydrogens is 286 g/mol. The highest BCUT2D eigenvalue weighted by Gasteiger charge is 2.52. The van der Waals surface area contributed by atoms with E-state index in [-0.39, 0.29) is 18.4 Å². The molecule has 6 nitrogen and oxygen atoms in total. The molecule has 0 aliphatic carbocycles. The zero-order valence-electron chi connectivity index (χ0n) is 12.8. The van der Waals surface area contributed by atoms with Gasteiger partial charge in [-0.2, -0.15) is 0 Å². The van der Waals surface area contributed by atoms with Crippen LogP contribution >= 0.6 is 0 Å². The zero-order chi connectivity index (χ0) is 15.9. The van der Waals surface area contributed by atoms with E-state index in [2.05, 4.69) is 5.32 Å². The Kier molecular flexibility index (Phi) is 3.47. The molecule has 0 unspecified atom stereocenters. The average Bonchev–Trinajstić information content (AvgIpc) is 2.46. The summed E-state index contributed by atoms with van der Waals surface area (Å²) in [4.78, 5) is 24.6. The Bertz CT molecular complexity index is 629. The molecule has 2 bridgehead atoms. The Morgan fingerprint density at radius 2 is 2.27 bits per heavy atom. The van der Waals surface area contributed by atoms with Crippen molar-refractivity contribution in [1.82, 2.24) is 5.32 Å². The minimum atomic E-state index is -0.859. The van der Waals surface area contributed by atoms with Gasteiger partial charge in [-0.05, 0) is 32.0 Å². The Morgan fingerprint density at radius 3 is 2.95 bits per heavy atom. The van der Waals surface area contributed by atoms with Crippen molar-refractivity contribution in [3.8, 4) is 11.5 Å². The first-order valence-electron chi connectivity index (χ1n) is 7.33. The van der Waals surface area contributed by atoms with Crippen LogP contribution in [0.5, 0.6) is 11.5 Å². The lowest BCUT2D eigenvalue weighted by atomic mass is 9.75. The lowest BCUT2D eigenvalue weighted by molar-refractivity contribution is -0.160. The van der Waals surface area contributed by atoms with Crippen molar-refractivity contribution in [1.29, 1.82) is 0 Å². The van der Waals surface area contributed by atoms with Crippen LogP contribution in [-0.2, 0) is 14.3 Å². The number of fused-ring (bicyclic) bond motifs is 4. The molecule has 1 fully saturated rings. The van der Waals surface area contributed by atoms with Gasteiger partial charge in [0.25, 0.3) is 0 Å². The summed E-state index contributed by atoms with van der Waals surface area (Å²) in [5.41, 5.74) is 0.0107. The summed E-state index contributed by atoms with van der Waals surface area (Å²) in [5.74, 6) is -0.666. The van der Waals surface area contributed by atoms with Crippen LogP contribution < -0.4 is 14.8 Å². The molecule has 1 aromatic carbocycles. The summed E-state index contributed by atoms with van der Waals surface area (Å²) in [7, 11) is 1.58. The number of benzene rings is 1. The van der Waals surface area contributed by atoms with Gasteiger partial charge < -0.3 is 19.5 Å². The van der Waals surface area contributed by atoms with Gasteiger partial charge in [-0.3, -0.25) is 9.59 Å². The molecule has 0 radical (unpaired) electrons. The smallest absolute Gasteiger partial charge is 0.319 e. The second kappa shape index (κ2) is 5.19. The molecule has 0 saturated carbocycles. The van der Waals surface area contributed by atoms with E-state index in [0.717, 1.165) is 5.56 Å². The van der Waals surface area contributed by atoms with Crippen molar-refractivity contribution in [3.63, 3.8) is 0 Å². The van der Waals surface area contributed by atoms with E-state index >= 15 is 0 Å². The van der Waals surface area contributed by atoms with Gasteiger partial charge in [0.1, 0.15) is 17.4 Å². The van der Waals surface area contributed by atoms with Gasteiger partial charge in [0.2, 0.25) is 5.91 Å². The van der Waals surface area contributed by atoms with E-state index in [1.165, 1.54) is 0 Å². The van der Waals surface area contributed by atoms with E-state index in [9.17, 15) is 9.59 Å². The van der Waals surface area contributed by atoms with Crippen LogP contribution in [0.15, 0.2) is 18.2 Å². The third-order valence-corrected chi connectivity index (χ3v) is 4.17. The van der Waals surface area contributed by atoms with Gasteiger partial charge in [-0.15, -0.1) is 0 Å². The van der Waals surface area contributed by atoms with Gasteiger partial charge in [0.05, 0.1) is 13.7 Å². The number of rotatable bonds is 3. The molecule has 1 N–H and O–H groups in total. The van der Waals surface area contributed by atoms with Gasteiger partial charge in [0, 0.05) is 17.9 Å². The first-order chi connectivity index (χ1) is 10.5. The zero-order valence-corrected chi connectivity index (χ0v) is 12.8. The van der Waals surface area contributed by atoms with E-state index < -0.39 is 17.6 Å². The quantitative estimate of drug-likeness (QED) is 0.678. The maximum atomic E-state index is 12.4. The number of carbonyl (C=O) groups excluding carboxylic acids is 2. The number of piperidine rings is 1. The van der Waals surface area contributed by atoms with Crippen molar-refractivity contribution < 1.29 is 23.8 Å². The fourth-order valence-corrected chi connectivity index (χ4v) is 3.25. The fourth-order valence-electron chi connectivity index (χ4n) is 3.25. The van der Waals surface area contributed by atoms with Crippen molar-refractivity contribution >= 4 is 11.9 Å². The van der Waals surface area contributed by atoms with Crippen LogP contribution in [0.3, 0.4) is 0 Å². The van der Waals surface area contributed by atoms with Crippen LogP contribution in [0, 0.1) is 5.92 Å². The highest BCUT2D eigenvalue weighted by molar-refractivity contribution is 6.00. The number of amides is 1. The Hall–Kier alpha value is -2.24. The molecule has 0 spiro atoms. The summed E-state index contributed by atoms with van der Waals surface area (Å²) in [5, 5.41) is 2.79. The molecule has 2 aliphatic rings. The maximum Gasteiger partial charge on any atom is 0.319 e. The fraction of sp³-hybridized carbons (Fsp3) is 0.500. The molecule has 3 atom stereocenters. The highest BCUT2D eigenvalue weighted by atomic mass is 16.5. The second-order valence-electron chi connectivity index (χ2n) is 5.77. The predicted octanol–water partition coefficient (Wildman–Crippen LogP) is 1.59. The third-order valence-electron chi connectivity index (χ3n) is 4.17. The minimum absolute atomic E-state index is 0.244. The van der Waals surface area contributed by atoms with Crippen LogP contribution in [0.2, 0.25) is 0 Å². The Morgan fingerprint density at radius 1 is 1.50 bits per heavy atom. The molecule has 118 valence electrons. The molecule has 2 heterocycles. The molecule has 22 heavy (non-hydrogen) atoms. The Labute approximate surface area is 128 Å². The Balaban J connectivity index is 2.06. The van der Waals surface area contributed by atoms with E-state index in [1.807, 2.05) is 13.0 Å². The molecular formula is C16H19NO5. The predicted molar refractivity (Wildman–Crippen MR) is 77.7 cm³/mol. The number of methoxy groups -OCH3 is 1. The minimum Gasteiger partial charge on any atom is -0.497 e. The van der Waals surface area contributed by atoms with Crippen LogP contribution in [-0.4, -0.2) is 31.3 Å². The average molecular weight is 305 g/mol. The summed E-state index contributed by atoms with van der Waals surface area (Å²) in [6.45, 7) is 3.78. The molecule has 6 heteroatoms. The van der Waals surface area contributed by atoms with E-state index in [1.54, 1.807) is 26.2 Å². The van der Waals surface area contributed by atoms with E-state index in [4.69, 9.17) is 14.2 Å². The second-order valence-corrected chi connectivity index (χ2v) is 5.77. The summed E-state index contributed by atoms with van der Waals surface area (Å²) in [6, 6.07) is 5.42. The van der Waals surface area contributed by atoms with Crippen molar-refractivity contribution in [2.24, 2.45) is 5.92 Å². The van der Waals surface area contributed by atoms with Crippen molar-refractivity contribution in [2.75, 3.05) is 13.7 Å². The summed E-state index contributed by atoms with van der Waals surface area (Å²) >= 11 is 0. The molecule has 1 amide bonds. The lowest BCUT2D eigenvalue weighted by Crippen LogP contribution is -2.62. The first-order valence-corrected chi connectivity index (χ1v) is 7.33. The molecule has 0 aromatic heterocycles. The largest absolute Gasteiger partial charge is 0.497 e.